The Morgan fingerprint density at radius 1 is 0.608 bits per heavy atom. The number of piperidine rings is 1. The maximum Gasteiger partial charge on any atom is 0.306 e. The van der Waals surface area contributed by atoms with E-state index < -0.39 is 6.04 Å². The van der Waals surface area contributed by atoms with E-state index in [4.69, 9.17) is 4.74 Å². The third-order valence-corrected chi connectivity index (χ3v) is 11.5. The molecule has 0 aliphatic carbocycles. The predicted molar refractivity (Wildman–Crippen MR) is 219 cm³/mol. The van der Waals surface area contributed by atoms with Crippen LogP contribution in [-0.4, -0.2) is 73.0 Å². The number of thioether (sulfide) groups is 1. The number of unbranched alkanes of at least 4 members (excludes halogenated alkanes) is 18. The topological polar surface area (TPSA) is 87.7 Å². The van der Waals surface area contributed by atoms with Crippen molar-refractivity contribution < 1.29 is 19.1 Å². The highest BCUT2D eigenvalue weighted by Gasteiger charge is 2.25. The normalized spacial score (nSPS) is 14.6. The summed E-state index contributed by atoms with van der Waals surface area (Å²) in [5.74, 6) is 1.21. The van der Waals surface area contributed by atoms with E-state index in [9.17, 15) is 14.4 Å². The van der Waals surface area contributed by atoms with E-state index in [1.165, 1.54) is 122 Å². The Balaban J connectivity index is 2.47. The fraction of sp³-hybridized carbons (Fsp3) is 0.930. The summed E-state index contributed by atoms with van der Waals surface area (Å²) < 4.78 is 5.49. The Bertz CT molecular complexity index is 823. The van der Waals surface area contributed by atoms with Crippen LogP contribution >= 0.6 is 11.8 Å². The monoisotopic (exact) mass is 738 g/mol. The second-order valence-electron chi connectivity index (χ2n) is 15.3. The molecule has 1 rings (SSSR count). The molecular formula is C43H83N3O4S. The van der Waals surface area contributed by atoms with Crippen LogP contribution in [0.15, 0.2) is 0 Å². The van der Waals surface area contributed by atoms with E-state index >= 15 is 0 Å². The van der Waals surface area contributed by atoms with Gasteiger partial charge < -0.3 is 20.3 Å². The van der Waals surface area contributed by atoms with E-state index in [1.807, 2.05) is 0 Å². The van der Waals surface area contributed by atoms with Crippen molar-refractivity contribution in [2.24, 2.45) is 5.92 Å². The number of hydrogen-bond donors (Lipinski definition) is 2. The molecule has 0 aromatic heterocycles. The van der Waals surface area contributed by atoms with Crippen LogP contribution in [0.5, 0.6) is 0 Å². The number of amides is 2. The summed E-state index contributed by atoms with van der Waals surface area (Å²) in [5.41, 5.74) is 0. The molecule has 0 radical (unpaired) electrons. The minimum Gasteiger partial charge on any atom is -0.466 e. The van der Waals surface area contributed by atoms with Gasteiger partial charge in [-0.1, -0.05) is 156 Å². The highest BCUT2D eigenvalue weighted by Crippen LogP contribution is 2.20. The summed E-state index contributed by atoms with van der Waals surface area (Å²) in [4.78, 5) is 41.9. The van der Waals surface area contributed by atoms with Gasteiger partial charge in [-0.05, 0) is 57.4 Å². The Morgan fingerprint density at radius 2 is 1.12 bits per heavy atom. The van der Waals surface area contributed by atoms with Crippen LogP contribution in [0.2, 0.25) is 0 Å². The van der Waals surface area contributed by atoms with Gasteiger partial charge in [-0.15, -0.1) is 0 Å². The van der Waals surface area contributed by atoms with Crippen molar-refractivity contribution in [3.8, 4) is 0 Å². The quantitative estimate of drug-likeness (QED) is 0.0492. The van der Waals surface area contributed by atoms with E-state index in [-0.39, 0.29) is 23.7 Å². The van der Waals surface area contributed by atoms with Gasteiger partial charge in [0.05, 0.1) is 13.0 Å². The van der Waals surface area contributed by atoms with Gasteiger partial charge in [-0.3, -0.25) is 14.4 Å². The van der Waals surface area contributed by atoms with Crippen LogP contribution < -0.4 is 10.6 Å². The molecule has 0 bridgehead atoms. The average Bonchev–Trinajstić information content (AvgIpc) is 3.14. The molecular weight excluding hydrogens is 655 g/mol. The lowest BCUT2D eigenvalue weighted by Crippen LogP contribution is -2.50. The predicted octanol–water partition coefficient (Wildman–Crippen LogP) is 10.8. The zero-order valence-corrected chi connectivity index (χ0v) is 34.7. The largest absolute Gasteiger partial charge is 0.466 e. The first kappa shape index (κ1) is 47.7. The molecule has 0 saturated carbocycles. The summed E-state index contributed by atoms with van der Waals surface area (Å²) >= 11 is 1.67. The molecule has 0 aromatic carbocycles. The lowest BCUT2D eigenvalue weighted by molar-refractivity contribution is -0.143. The van der Waals surface area contributed by atoms with Crippen molar-refractivity contribution in [1.29, 1.82) is 0 Å². The Morgan fingerprint density at radius 3 is 1.69 bits per heavy atom. The van der Waals surface area contributed by atoms with Crippen molar-refractivity contribution in [1.82, 2.24) is 15.5 Å². The van der Waals surface area contributed by atoms with Crippen LogP contribution in [0, 0.1) is 5.92 Å². The van der Waals surface area contributed by atoms with Gasteiger partial charge in [0.1, 0.15) is 6.04 Å². The second-order valence-corrected chi connectivity index (χ2v) is 16.5. The highest BCUT2D eigenvalue weighted by molar-refractivity contribution is 7.99. The molecule has 1 saturated heterocycles. The molecule has 2 unspecified atom stereocenters. The zero-order valence-electron chi connectivity index (χ0n) is 33.9. The second kappa shape index (κ2) is 35.7. The summed E-state index contributed by atoms with van der Waals surface area (Å²) in [5, 5.41) is 6.35. The van der Waals surface area contributed by atoms with Crippen molar-refractivity contribution >= 4 is 29.5 Å². The van der Waals surface area contributed by atoms with E-state index in [2.05, 4.69) is 36.3 Å². The molecule has 1 aliphatic heterocycles. The van der Waals surface area contributed by atoms with Gasteiger partial charge in [-0.2, -0.15) is 11.8 Å². The summed E-state index contributed by atoms with van der Waals surface area (Å²) in [6, 6.07) is -0.540. The molecule has 7 nitrogen and oxygen atoms in total. The van der Waals surface area contributed by atoms with Gasteiger partial charge in [0.25, 0.3) is 0 Å². The molecule has 8 heteroatoms. The lowest BCUT2D eigenvalue weighted by Gasteiger charge is -2.27. The first-order valence-electron chi connectivity index (χ1n) is 22.1. The third kappa shape index (κ3) is 28.8. The van der Waals surface area contributed by atoms with E-state index in [0.717, 1.165) is 70.3 Å². The first-order chi connectivity index (χ1) is 25.0. The van der Waals surface area contributed by atoms with Crippen LogP contribution in [0.3, 0.4) is 0 Å². The number of likely N-dealkylation sites (tertiary alicyclic amines) is 1. The molecule has 0 aromatic rings. The van der Waals surface area contributed by atoms with Crippen molar-refractivity contribution in [2.45, 2.75) is 207 Å². The number of ether oxygens (including phenoxy) is 1. The third-order valence-electron chi connectivity index (χ3n) is 10.5. The molecule has 1 heterocycles. The van der Waals surface area contributed by atoms with Gasteiger partial charge >= 0.3 is 5.97 Å². The molecule has 300 valence electrons. The molecule has 2 atom stereocenters. The minimum atomic E-state index is -0.540. The lowest BCUT2D eigenvalue weighted by atomic mass is 9.93. The molecule has 2 amide bonds. The summed E-state index contributed by atoms with van der Waals surface area (Å²) in [7, 11) is 0. The van der Waals surface area contributed by atoms with Gasteiger partial charge in [-0.25, -0.2) is 0 Å². The Hall–Kier alpha value is -1.28. The number of nitrogens with one attached hydrogen (secondary N) is 2. The smallest absolute Gasteiger partial charge is 0.306 e. The summed E-state index contributed by atoms with van der Waals surface area (Å²) in [6.45, 7) is 10.9. The standard InChI is InChI=1S/C43H83N3O4S/c1-4-7-10-13-15-16-17-18-19-21-27-36-50-41(47)31-38-51-37-30-40(43(49)44-32-35-46-33-25-22-26-34-46)45-42(48)39(28-23-12-9-6-3)29-24-20-14-11-8-5-2/h39-40H,4-38H2,1-3H3,(H,44,49)(H,45,48). The van der Waals surface area contributed by atoms with Crippen LogP contribution in [0.25, 0.3) is 0 Å². The number of esters is 1. The Labute approximate surface area is 320 Å². The summed E-state index contributed by atoms with van der Waals surface area (Å²) in [6.07, 6.45) is 32.5. The highest BCUT2D eigenvalue weighted by atomic mass is 32.2. The maximum atomic E-state index is 13.7. The SMILES string of the molecule is CCCCCCCCCCCCCOC(=O)CCSCCC(NC(=O)C(CCCCCC)CCCCCCCC)C(=O)NCCN1CCCCC1. The molecule has 1 fully saturated rings. The Kier molecular flexibility index (Phi) is 33.5. The first-order valence-corrected chi connectivity index (χ1v) is 23.2. The minimum absolute atomic E-state index is 0.0283. The van der Waals surface area contributed by atoms with Crippen molar-refractivity contribution in [3.05, 3.63) is 0 Å². The molecule has 2 N–H and O–H groups in total. The van der Waals surface area contributed by atoms with E-state index in [0.29, 0.717) is 31.7 Å². The zero-order chi connectivity index (χ0) is 37.0. The van der Waals surface area contributed by atoms with Crippen molar-refractivity contribution in [2.75, 3.05) is 44.3 Å². The van der Waals surface area contributed by atoms with Gasteiger partial charge in [0.15, 0.2) is 0 Å². The fourth-order valence-corrected chi connectivity index (χ4v) is 8.00. The average molecular weight is 738 g/mol. The number of hydrogen-bond acceptors (Lipinski definition) is 6. The number of rotatable bonds is 36. The van der Waals surface area contributed by atoms with Crippen LogP contribution in [0.1, 0.15) is 201 Å². The molecule has 1 aliphatic rings. The maximum absolute atomic E-state index is 13.7. The number of carbonyl (C=O) groups excluding carboxylic acids is 3. The molecule has 51 heavy (non-hydrogen) atoms. The van der Waals surface area contributed by atoms with Gasteiger partial charge in [0, 0.05) is 24.8 Å². The fourth-order valence-electron chi connectivity index (χ4n) is 7.08. The van der Waals surface area contributed by atoms with E-state index in [1.54, 1.807) is 11.8 Å². The van der Waals surface area contributed by atoms with Crippen LogP contribution in [0.4, 0.5) is 0 Å². The molecule has 0 spiro atoms. The van der Waals surface area contributed by atoms with Gasteiger partial charge in [0.2, 0.25) is 11.8 Å². The van der Waals surface area contributed by atoms with Crippen LogP contribution in [-0.2, 0) is 19.1 Å². The number of nitrogens with zero attached hydrogens (tertiary/aromatic N) is 1. The number of carbonyl (C=O) groups is 3. The van der Waals surface area contributed by atoms with Crippen molar-refractivity contribution in [3.63, 3.8) is 0 Å².